The van der Waals surface area contributed by atoms with E-state index in [0.29, 0.717) is 5.56 Å². The van der Waals surface area contributed by atoms with Crippen LogP contribution in [0.1, 0.15) is 10.5 Å². The first-order valence-corrected chi connectivity index (χ1v) is 5.87. The molecule has 0 saturated heterocycles. The number of aliphatic hydroxyl groups excluding tert-OH is 2. The van der Waals surface area contributed by atoms with Crippen molar-refractivity contribution in [2.75, 3.05) is 13.2 Å². The maximum absolute atomic E-state index is 12.9. The molecular weight excluding hydrogens is 267 g/mol. The van der Waals surface area contributed by atoms with Gasteiger partial charge in [0.1, 0.15) is 5.82 Å². The summed E-state index contributed by atoms with van der Waals surface area (Å²) in [6, 6.07) is 4.62. The summed E-state index contributed by atoms with van der Waals surface area (Å²) < 4.78 is 18.0. The largest absolute Gasteiger partial charge is 0.443 e. The fraction of sp³-hybridized carbons (Fsp3) is 0.231. The zero-order chi connectivity index (χ0) is 14.5. The van der Waals surface area contributed by atoms with Crippen molar-refractivity contribution in [3.05, 3.63) is 42.2 Å². The highest BCUT2D eigenvalue weighted by atomic mass is 19.1. The minimum atomic E-state index is -0.778. The van der Waals surface area contributed by atoms with Gasteiger partial charge in [-0.25, -0.2) is 9.37 Å². The SMILES string of the molecule is O=C(NC(CO)CO)c1ncoc1-c1ccc(F)cc1. The van der Waals surface area contributed by atoms with E-state index in [9.17, 15) is 9.18 Å². The molecule has 0 fully saturated rings. The molecule has 1 amide bonds. The summed E-state index contributed by atoms with van der Waals surface area (Å²) in [4.78, 5) is 15.8. The highest BCUT2D eigenvalue weighted by molar-refractivity contribution is 5.97. The van der Waals surface area contributed by atoms with Gasteiger partial charge in [-0.05, 0) is 24.3 Å². The van der Waals surface area contributed by atoms with Crippen molar-refractivity contribution in [1.82, 2.24) is 10.3 Å². The van der Waals surface area contributed by atoms with Crippen LogP contribution in [0.25, 0.3) is 11.3 Å². The van der Waals surface area contributed by atoms with Gasteiger partial charge in [0, 0.05) is 5.56 Å². The first-order valence-electron chi connectivity index (χ1n) is 5.87. The normalized spacial score (nSPS) is 10.8. The highest BCUT2D eigenvalue weighted by Gasteiger charge is 2.20. The quantitative estimate of drug-likeness (QED) is 0.744. The number of amides is 1. The number of carbonyl (C=O) groups excluding carboxylic acids is 1. The van der Waals surface area contributed by atoms with E-state index in [2.05, 4.69) is 10.3 Å². The lowest BCUT2D eigenvalue weighted by molar-refractivity contribution is 0.0875. The number of aliphatic hydroxyl groups is 2. The topological polar surface area (TPSA) is 95.6 Å². The maximum atomic E-state index is 12.9. The van der Waals surface area contributed by atoms with E-state index < -0.39 is 31.0 Å². The molecule has 1 aromatic heterocycles. The summed E-state index contributed by atoms with van der Waals surface area (Å²) in [5.41, 5.74) is 0.502. The summed E-state index contributed by atoms with van der Waals surface area (Å²) in [6.07, 6.45) is 1.10. The molecule has 0 spiro atoms. The molecule has 106 valence electrons. The fourth-order valence-electron chi connectivity index (χ4n) is 1.62. The average Bonchev–Trinajstić information content (AvgIpc) is 2.94. The van der Waals surface area contributed by atoms with Gasteiger partial charge in [-0.2, -0.15) is 0 Å². The van der Waals surface area contributed by atoms with Gasteiger partial charge in [0.25, 0.3) is 5.91 Å². The molecule has 0 bridgehead atoms. The van der Waals surface area contributed by atoms with Crippen LogP contribution in [0.2, 0.25) is 0 Å². The van der Waals surface area contributed by atoms with Crippen LogP contribution >= 0.6 is 0 Å². The third-order valence-corrected chi connectivity index (χ3v) is 2.66. The molecule has 1 heterocycles. The first-order chi connectivity index (χ1) is 9.65. The molecule has 6 nitrogen and oxygen atoms in total. The number of halogens is 1. The third kappa shape index (κ3) is 3.01. The predicted molar refractivity (Wildman–Crippen MR) is 67.3 cm³/mol. The number of oxazole rings is 1. The van der Waals surface area contributed by atoms with Gasteiger partial charge in [0.15, 0.2) is 17.8 Å². The summed E-state index contributed by atoms with van der Waals surface area (Å²) in [5.74, 6) is -0.803. The van der Waals surface area contributed by atoms with Crippen molar-refractivity contribution >= 4 is 5.91 Å². The molecule has 0 atom stereocenters. The number of rotatable bonds is 5. The number of carbonyl (C=O) groups is 1. The second-order valence-corrected chi connectivity index (χ2v) is 4.07. The zero-order valence-electron chi connectivity index (χ0n) is 10.4. The van der Waals surface area contributed by atoms with Crippen molar-refractivity contribution in [2.45, 2.75) is 6.04 Å². The number of nitrogens with one attached hydrogen (secondary N) is 1. The molecule has 0 radical (unpaired) electrons. The summed E-state index contributed by atoms with van der Waals surface area (Å²) >= 11 is 0. The van der Waals surface area contributed by atoms with Crippen LogP contribution in [0, 0.1) is 5.82 Å². The van der Waals surface area contributed by atoms with Crippen LogP contribution in [0.5, 0.6) is 0 Å². The molecule has 7 heteroatoms. The minimum Gasteiger partial charge on any atom is -0.443 e. The van der Waals surface area contributed by atoms with Crippen molar-refractivity contribution in [3.63, 3.8) is 0 Å². The standard InChI is InChI=1S/C13H13FN2O4/c14-9-3-1-8(2-4-9)12-11(15-7-20-12)13(19)16-10(5-17)6-18/h1-4,7,10,17-18H,5-6H2,(H,16,19). The number of benzene rings is 1. The van der Waals surface area contributed by atoms with Gasteiger partial charge in [0.2, 0.25) is 0 Å². The number of hydrogen-bond acceptors (Lipinski definition) is 5. The average molecular weight is 280 g/mol. The molecule has 20 heavy (non-hydrogen) atoms. The third-order valence-electron chi connectivity index (χ3n) is 2.66. The predicted octanol–water partition coefficient (Wildman–Crippen LogP) is 0.564. The Labute approximate surface area is 113 Å². The lowest BCUT2D eigenvalue weighted by Gasteiger charge is -2.12. The van der Waals surface area contributed by atoms with Crippen LogP contribution < -0.4 is 5.32 Å². The highest BCUT2D eigenvalue weighted by Crippen LogP contribution is 2.23. The zero-order valence-corrected chi connectivity index (χ0v) is 10.4. The number of nitrogens with zero attached hydrogens (tertiary/aromatic N) is 1. The minimum absolute atomic E-state index is 0.00325. The van der Waals surface area contributed by atoms with Gasteiger partial charge in [0.05, 0.1) is 19.3 Å². The van der Waals surface area contributed by atoms with E-state index >= 15 is 0 Å². The van der Waals surface area contributed by atoms with E-state index in [0.717, 1.165) is 6.39 Å². The second-order valence-electron chi connectivity index (χ2n) is 4.07. The molecule has 2 aromatic rings. The van der Waals surface area contributed by atoms with Crippen LogP contribution in [0.4, 0.5) is 4.39 Å². The lowest BCUT2D eigenvalue weighted by atomic mass is 10.1. The van der Waals surface area contributed by atoms with Crippen molar-refractivity contribution < 1.29 is 23.8 Å². The van der Waals surface area contributed by atoms with E-state index in [4.69, 9.17) is 14.6 Å². The molecule has 1 aromatic carbocycles. The smallest absolute Gasteiger partial charge is 0.274 e. The van der Waals surface area contributed by atoms with E-state index in [-0.39, 0.29) is 11.5 Å². The Morgan fingerprint density at radius 3 is 2.55 bits per heavy atom. The molecule has 0 aliphatic rings. The molecule has 2 rings (SSSR count). The molecular formula is C13H13FN2O4. The van der Waals surface area contributed by atoms with Crippen LogP contribution in [-0.4, -0.2) is 40.4 Å². The Bertz CT molecular complexity index is 578. The number of hydrogen-bond donors (Lipinski definition) is 3. The Hall–Kier alpha value is -2.25. The van der Waals surface area contributed by atoms with E-state index in [1.165, 1.54) is 24.3 Å². The Kier molecular flexibility index (Phi) is 4.44. The van der Waals surface area contributed by atoms with E-state index in [1.807, 2.05) is 0 Å². The van der Waals surface area contributed by atoms with Crippen molar-refractivity contribution in [2.24, 2.45) is 0 Å². The lowest BCUT2D eigenvalue weighted by Crippen LogP contribution is -2.40. The summed E-state index contributed by atoms with van der Waals surface area (Å²) in [7, 11) is 0. The monoisotopic (exact) mass is 280 g/mol. The van der Waals surface area contributed by atoms with Crippen molar-refractivity contribution in [1.29, 1.82) is 0 Å². The van der Waals surface area contributed by atoms with E-state index in [1.54, 1.807) is 0 Å². The van der Waals surface area contributed by atoms with Crippen molar-refractivity contribution in [3.8, 4) is 11.3 Å². The summed E-state index contributed by atoms with van der Waals surface area (Å²) in [6.45, 7) is -0.794. The fourth-order valence-corrected chi connectivity index (χ4v) is 1.62. The Morgan fingerprint density at radius 2 is 1.95 bits per heavy atom. The molecule has 0 saturated carbocycles. The van der Waals surface area contributed by atoms with Gasteiger partial charge < -0.3 is 19.9 Å². The maximum Gasteiger partial charge on any atom is 0.274 e. The first kappa shape index (κ1) is 14.2. The molecule has 0 aliphatic carbocycles. The van der Waals surface area contributed by atoms with Gasteiger partial charge >= 0.3 is 0 Å². The van der Waals surface area contributed by atoms with Crippen LogP contribution in [0.15, 0.2) is 35.1 Å². The van der Waals surface area contributed by atoms with Crippen LogP contribution in [0.3, 0.4) is 0 Å². The molecule has 0 unspecified atom stereocenters. The van der Waals surface area contributed by atoms with Gasteiger partial charge in [-0.1, -0.05) is 0 Å². The Balaban J connectivity index is 2.24. The second kappa shape index (κ2) is 6.27. The molecule has 0 aliphatic heterocycles. The summed E-state index contributed by atoms with van der Waals surface area (Å²) in [5, 5.41) is 20.3. The Morgan fingerprint density at radius 1 is 1.30 bits per heavy atom. The van der Waals surface area contributed by atoms with Gasteiger partial charge in [-0.3, -0.25) is 4.79 Å². The molecule has 3 N–H and O–H groups in total. The van der Waals surface area contributed by atoms with Crippen LogP contribution in [-0.2, 0) is 0 Å². The number of aromatic nitrogens is 1. The van der Waals surface area contributed by atoms with Gasteiger partial charge in [-0.15, -0.1) is 0 Å².